The molecule has 0 spiro atoms. The van der Waals surface area contributed by atoms with Gasteiger partial charge < -0.3 is 14.4 Å². The summed E-state index contributed by atoms with van der Waals surface area (Å²) in [6.07, 6.45) is 1.76. The summed E-state index contributed by atoms with van der Waals surface area (Å²) in [5, 5.41) is 0. The normalized spacial score (nSPS) is 14.6. The third-order valence-corrected chi connectivity index (χ3v) is 5.28. The van der Waals surface area contributed by atoms with E-state index in [1.54, 1.807) is 13.3 Å². The van der Waals surface area contributed by atoms with Gasteiger partial charge in [0.15, 0.2) is 11.5 Å². The minimum atomic E-state index is -0.498. The molecular weight excluding hydrogens is 406 g/mol. The summed E-state index contributed by atoms with van der Waals surface area (Å²) in [7, 11) is 0. The van der Waals surface area contributed by atoms with Gasteiger partial charge in [-0.25, -0.2) is 9.78 Å². The minimum Gasteiger partial charge on any atom is -0.465 e. The number of hydrogen-bond acceptors (Lipinski definition) is 6. The molecule has 4 rings (SSSR count). The van der Waals surface area contributed by atoms with Gasteiger partial charge in [-0.1, -0.05) is 50.2 Å². The fourth-order valence-electron chi connectivity index (χ4n) is 3.94. The second-order valence-electron chi connectivity index (χ2n) is 8.07. The lowest BCUT2D eigenvalue weighted by molar-refractivity contribution is -0.145. The van der Waals surface area contributed by atoms with E-state index in [2.05, 4.69) is 4.98 Å². The van der Waals surface area contributed by atoms with Crippen LogP contribution in [0.25, 0.3) is 5.69 Å². The maximum absolute atomic E-state index is 12.8. The third kappa shape index (κ3) is 4.10. The average molecular weight is 434 g/mol. The van der Waals surface area contributed by atoms with Crippen molar-refractivity contribution >= 4 is 23.4 Å². The van der Waals surface area contributed by atoms with Gasteiger partial charge in [-0.15, -0.1) is 0 Å². The topological polar surface area (TPSA) is 73.7 Å². The number of rotatable bonds is 7. The van der Waals surface area contributed by atoms with Crippen LogP contribution in [0.15, 0.2) is 60.9 Å². The van der Waals surface area contributed by atoms with E-state index >= 15 is 0 Å². The first-order valence-corrected chi connectivity index (χ1v) is 10.8. The first kappa shape index (κ1) is 21.6. The number of para-hydroxylation sites is 2. The summed E-state index contributed by atoms with van der Waals surface area (Å²) < 4.78 is 12.7. The van der Waals surface area contributed by atoms with Crippen molar-refractivity contribution in [2.45, 2.75) is 33.2 Å². The molecule has 166 valence electrons. The first-order chi connectivity index (χ1) is 15.5. The van der Waals surface area contributed by atoms with E-state index in [0.29, 0.717) is 12.4 Å². The molecule has 7 heteroatoms. The van der Waals surface area contributed by atoms with Crippen molar-refractivity contribution in [1.82, 2.24) is 9.55 Å². The molecule has 1 atom stereocenters. The summed E-state index contributed by atoms with van der Waals surface area (Å²) in [6.45, 7) is 6.38. The van der Waals surface area contributed by atoms with Crippen LogP contribution >= 0.6 is 0 Å². The van der Waals surface area contributed by atoms with Crippen LogP contribution in [0, 0.1) is 5.92 Å². The van der Waals surface area contributed by atoms with Crippen molar-refractivity contribution in [3.05, 3.63) is 72.2 Å². The number of esters is 2. The third-order valence-electron chi connectivity index (χ3n) is 5.28. The predicted octanol–water partition coefficient (Wildman–Crippen LogP) is 4.83. The highest BCUT2D eigenvalue weighted by Crippen LogP contribution is 2.45. The molecule has 0 aliphatic carbocycles. The molecule has 0 saturated heterocycles. The second kappa shape index (κ2) is 9.26. The predicted molar refractivity (Wildman–Crippen MR) is 121 cm³/mol. The number of imidazole rings is 1. The van der Waals surface area contributed by atoms with Crippen LogP contribution in [0.4, 0.5) is 11.5 Å². The van der Waals surface area contributed by atoms with Crippen molar-refractivity contribution < 1.29 is 19.1 Å². The van der Waals surface area contributed by atoms with Gasteiger partial charge in [-0.05, 0) is 36.6 Å². The quantitative estimate of drug-likeness (QED) is 0.497. The Balaban J connectivity index is 1.86. The molecule has 0 bridgehead atoms. The average Bonchev–Trinajstić information content (AvgIpc) is 3.24. The monoisotopic (exact) mass is 433 g/mol. The molecule has 1 aliphatic rings. The number of aromatic nitrogens is 2. The Morgan fingerprint density at radius 3 is 2.47 bits per heavy atom. The first-order valence-electron chi connectivity index (χ1n) is 10.8. The molecule has 0 amide bonds. The number of benzene rings is 2. The molecule has 0 fully saturated rings. The van der Waals surface area contributed by atoms with Crippen LogP contribution in [0.2, 0.25) is 0 Å². The van der Waals surface area contributed by atoms with Crippen molar-refractivity contribution in [3.63, 3.8) is 0 Å². The van der Waals surface area contributed by atoms with Crippen molar-refractivity contribution in [3.8, 4) is 5.69 Å². The van der Waals surface area contributed by atoms with Gasteiger partial charge >= 0.3 is 11.9 Å². The number of anilines is 2. The summed E-state index contributed by atoms with van der Waals surface area (Å²) in [5.41, 5.74) is 2.89. The van der Waals surface area contributed by atoms with Gasteiger partial charge in [0.1, 0.15) is 6.33 Å². The van der Waals surface area contributed by atoms with Crippen LogP contribution in [-0.4, -0.2) is 34.7 Å². The molecule has 1 aliphatic heterocycles. The minimum absolute atomic E-state index is 0.131. The van der Waals surface area contributed by atoms with Crippen molar-refractivity contribution in [2.24, 2.45) is 5.92 Å². The lowest BCUT2D eigenvalue weighted by Gasteiger charge is -2.39. The molecule has 0 N–H and O–H groups in total. The Morgan fingerprint density at radius 2 is 1.75 bits per heavy atom. The zero-order valence-electron chi connectivity index (χ0n) is 18.5. The smallest absolute Gasteiger partial charge is 0.360 e. The van der Waals surface area contributed by atoms with E-state index in [9.17, 15) is 9.59 Å². The molecule has 2 aromatic carbocycles. The maximum atomic E-state index is 12.8. The Bertz CT molecular complexity index is 1110. The highest BCUT2D eigenvalue weighted by atomic mass is 16.5. The molecule has 32 heavy (non-hydrogen) atoms. The standard InChI is InChI=1S/C25H27N3O4/c1-4-31-25(30)23-24-27(16-26-23)20-13-9-8-12-19(20)21(14-22(29)32-15-17(2)3)28(24)18-10-6-5-7-11-18/h5-13,16-17,21H,4,14-15H2,1-3H3. The molecule has 1 aromatic heterocycles. The molecule has 3 aromatic rings. The van der Waals surface area contributed by atoms with Crippen molar-refractivity contribution in [2.75, 3.05) is 18.1 Å². The summed E-state index contributed by atoms with van der Waals surface area (Å²) in [4.78, 5) is 31.9. The van der Waals surface area contributed by atoms with E-state index in [1.165, 1.54) is 0 Å². The van der Waals surface area contributed by atoms with E-state index in [1.807, 2.05) is 77.9 Å². The number of carbonyl (C=O) groups is 2. The van der Waals surface area contributed by atoms with Crippen LogP contribution in [0.1, 0.15) is 49.3 Å². The molecule has 2 heterocycles. The van der Waals surface area contributed by atoms with E-state index in [-0.39, 0.29) is 36.7 Å². The summed E-state index contributed by atoms with van der Waals surface area (Å²) in [6, 6.07) is 17.1. The van der Waals surface area contributed by atoms with Gasteiger partial charge in [0, 0.05) is 5.69 Å². The Morgan fingerprint density at radius 1 is 1.03 bits per heavy atom. The zero-order chi connectivity index (χ0) is 22.7. The Hall–Kier alpha value is -3.61. The van der Waals surface area contributed by atoms with E-state index < -0.39 is 5.97 Å². The fraction of sp³-hybridized carbons (Fsp3) is 0.320. The highest BCUT2D eigenvalue weighted by molar-refractivity contribution is 5.95. The van der Waals surface area contributed by atoms with Gasteiger partial charge in [-0.3, -0.25) is 9.36 Å². The lowest BCUT2D eigenvalue weighted by atomic mass is 9.96. The largest absolute Gasteiger partial charge is 0.465 e. The van der Waals surface area contributed by atoms with Crippen LogP contribution in [0.3, 0.4) is 0 Å². The van der Waals surface area contributed by atoms with Crippen LogP contribution < -0.4 is 4.90 Å². The van der Waals surface area contributed by atoms with Gasteiger partial charge in [0.05, 0.1) is 31.4 Å². The maximum Gasteiger partial charge on any atom is 0.360 e. The number of fused-ring (bicyclic) bond motifs is 3. The summed E-state index contributed by atoms with van der Waals surface area (Å²) in [5.74, 6) is 0.0439. The van der Waals surface area contributed by atoms with E-state index in [0.717, 1.165) is 16.9 Å². The number of hydrogen-bond donors (Lipinski definition) is 0. The van der Waals surface area contributed by atoms with Gasteiger partial charge in [0.25, 0.3) is 0 Å². The number of ether oxygens (including phenoxy) is 2. The summed E-state index contributed by atoms with van der Waals surface area (Å²) >= 11 is 0. The lowest BCUT2D eigenvalue weighted by Crippen LogP contribution is -2.34. The van der Waals surface area contributed by atoms with Gasteiger partial charge in [0.2, 0.25) is 0 Å². The van der Waals surface area contributed by atoms with E-state index in [4.69, 9.17) is 9.47 Å². The molecular formula is C25H27N3O4. The van der Waals surface area contributed by atoms with Crippen molar-refractivity contribution in [1.29, 1.82) is 0 Å². The van der Waals surface area contributed by atoms with Crippen LogP contribution in [0.5, 0.6) is 0 Å². The highest BCUT2D eigenvalue weighted by Gasteiger charge is 2.38. The molecule has 1 unspecified atom stereocenters. The van der Waals surface area contributed by atoms with Crippen LogP contribution in [-0.2, 0) is 14.3 Å². The molecule has 0 saturated carbocycles. The van der Waals surface area contributed by atoms with Gasteiger partial charge in [-0.2, -0.15) is 0 Å². The Labute approximate surface area is 187 Å². The zero-order valence-corrected chi connectivity index (χ0v) is 18.5. The fourth-order valence-corrected chi connectivity index (χ4v) is 3.94. The SMILES string of the molecule is CCOC(=O)c1ncn2c1N(c1ccccc1)C(CC(=O)OCC(C)C)c1ccccc1-2. The number of nitrogens with zero attached hydrogens (tertiary/aromatic N) is 3. The second-order valence-corrected chi connectivity index (χ2v) is 8.07. The Kier molecular flexibility index (Phi) is 6.25. The molecule has 7 nitrogen and oxygen atoms in total. The number of carbonyl (C=O) groups excluding carboxylic acids is 2. The molecule has 0 radical (unpaired) electrons.